The SMILES string of the molecule is Cc1ccc(C#N)cc1NC1CCCNC(=O)C1. The van der Waals surface area contributed by atoms with Crippen LogP contribution in [0.4, 0.5) is 5.69 Å². The minimum Gasteiger partial charge on any atom is -0.382 e. The van der Waals surface area contributed by atoms with E-state index < -0.39 is 0 Å². The first-order valence-electron chi connectivity index (χ1n) is 6.23. The Balaban J connectivity index is 2.12. The highest BCUT2D eigenvalue weighted by Gasteiger charge is 2.17. The lowest BCUT2D eigenvalue weighted by Gasteiger charge is -2.18. The third-order valence-corrected chi connectivity index (χ3v) is 3.21. The molecule has 4 nitrogen and oxygen atoms in total. The molecule has 1 fully saturated rings. The molecule has 0 spiro atoms. The van der Waals surface area contributed by atoms with E-state index in [9.17, 15) is 4.79 Å². The van der Waals surface area contributed by atoms with Crippen LogP contribution in [0.25, 0.3) is 0 Å². The van der Waals surface area contributed by atoms with Crippen LogP contribution in [0.2, 0.25) is 0 Å². The topological polar surface area (TPSA) is 64.9 Å². The summed E-state index contributed by atoms with van der Waals surface area (Å²) in [5.74, 6) is 0.0964. The standard InChI is InChI=1S/C14H17N3O/c1-10-4-5-11(9-15)7-13(10)17-12-3-2-6-16-14(18)8-12/h4-5,7,12,17H,2-3,6,8H2,1H3,(H,16,18). The van der Waals surface area contributed by atoms with Crippen LogP contribution in [0.3, 0.4) is 0 Å². The number of carbonyl (C=O) groups excluding carboxylic acids is 1. The quantitative estimate of drug-likeness (QED) is 0.834. The highest BCUT2D eigenvalue weighted by Crippen LogP contribution is 2.20. The molecule has 1 amide bonds. The van der Waals surface area contributed by atoms with Crippen LogP contribution in [0.5, 0.6) is 0 Å². The zero-order valence-electron chi connectivity index (χ0n) is 10.5. The molecule has 1 aliphatic rings. The molecule has 0 bridgehead atoms. The largest absolute Gasteiger partial charge is 0.382 e. The number of hydrogen-bond donors (Lipinski definition) is 2. The van der Waals surface area contributed by atoms with E-state index in [0.717, 1.165) is 30.6 Å². The number of benzene rings is 1. The zero-order valence-corrected chi connectivity index (χ0v) is 10.5. The average molecular weight is 243 g/mol. The molecule has 94 valence electrons. The number of aryl methyl sites for hydroxylation is 1. The second-order valence-corrected chi connectivity index (χ2v) is 4.68. The van der Waals surface area contributed by atoms with Gasteiger partial charge >= 0.3 is 0 Å². The highest BCUT2D eigenvalue weighted by atomic mass is 16.1. The van der Waals surface area contributed by atoms with Crippen molar-refractivity contribution in [3.05, 3.63) is 29.3 Å². The molecule has 1 unspecified atom stereocenters. The van der Waals surface area contributed by atoms with Gasteiger partial charge in [0.15, 0.2) is 0 Å². The average Bonchev–Trinajstić information content (AvgIpc) is 2.56. The summed E-state index contributed by atoms with van der Waals surface area (Å²) in [6, 6.07) is 7.87. The predicted molar refractivity (Wildman–Crippen MR) is 70.2 cm³/mol. The number of amides is 1. The number of nitrogens with zero attached hydrogens (tertiary/aromatic N) is 1. The van der Waals surface area contributed by atoms with Crippen molar-refractivity contribution < 1.29 is 4.79 Å². The summed E-state index contributed by atoms with van der Waals surface area (Å²) in [5.41, 5.74) is 2.69. The molecule has 0 radical (unpaired) electrons. The number of nitrogens with one attached hydrogen (secondary N) is 2. The Kier molecular flexibility index (Phi) is 3.83. The lowest BCUT2D eigenvalue weighted by Crippen LogP contribution is -2.27. The van der Waals surface area contributed by atoms with Crippen molar-refractivity contribution in [3.8, 4) is 6.07 Å². The summed E-state index contributed by atoms with van der Waals surface area (Å²) >= 11 is 0. The van der Waals surface area contributed by atoms with Gasteiger partial charge in [0.05, 0.1) is 11.6 Å². The van der Waals surface area contributed by atoms with Crippen molar-refractivity contribution in [2.24, 2.45) is 0 Å². The smallest absolute Gasteiger partial charge is 0.222 e. The summed E-state index contributed by atoms with van der Waals surface area (Å²) in [6.07, 6.45) is 2.45. The fourth-order valence-electron chi connectivity index (χ4n) is 2.16. The van der Waals surface area contributed by atoms with E-state index in [1.54, 1.807) is 6.07 Å². The molecule has 2 N–H and O–H groups in total. The first-order chi connectivity index (χ1) is 8.69. The maximum atomic E-state index is 11.5. The van der Waals surface area contributed by atoms with E-state index in [4.69, 9.17) is 5.26 Å². The molecule has 0 saturated carbocycles. The first kappa shape index (κ1) is 12.4. The van der Waals surface area contributed by atoms with Crippen LogP contribution in [-0.4, -0.2) is 18.5 Å². The van der Waals surface area contributed by atoms with Gasteiger partial charge in [-0.2, -0.15) is 5.26 Å². The van der Waals surface area contributed by atoms with E-state index in [0.29, 0.717) is 12.0 Å². The zero-order chi connectivity index (χ0) is 13.0. The van der Waals surface area contributed by atoms with E-state index in [-0.39, 0.29) is 11.9 Å². The third kappa shape index (κ3) is 3.01. The molecule has 1 aromatic carbocycles. The first-order valence-corrected chi connectivity index (χ1v) is 6.23. The van der Waals surface area contributed by atoms with Gasteiger partial charge in [-0.1, -0.05) is 6.07 Å². The van der Waals surface area contributed by atoms with Crippen LogP contribution in [0, 0.1) is 18.3 Å². The van der Waals surface area contributed by atoms with Gasteiger partial charge in [-0.3, -0.25) is 4.79 Å². The van der Waals surface area contributed by atoms with Crippen molar-refractivity contribution in [3.63, 3.8) is 0 Å². The summed E-state index contributed by atoms with van der Waals surface area (Å²) in [7, 11) is 0. The molecule has 1 saturated heterocycles. The minimum absolute atomic E-state index is 0.0964. The van der Waals surface area contributed by atoms with Crippen LogP contribution in [-0.2, 0) is 4.79 Å². The molecule has 18 heavy (non-hydrogen) atoms. The highest BCUT2D eigenvalue weighted by molar-refractivity contribution is 5.77. The number of anilines is 1. The van der Waals surface area contributed by atoms with Crippen molar-refractivity contribution in [2.75, 3.05) is 11.9 Å². The maximum Gasteiger partial charge on any atom is 0.222 e. The van der Waals surface area contributed by atoms with Gasteiger partial charge in [0, 0.05) is 24.7 Å². The van der Waals surface area contributed by atoms with E-state index in [1.165, 1.54) is 0 Å². The Morgan fingerprint density at radius 3 is 3.11 bits per heavy atom. The Bertz CT molecular complexity index is 490. The summed E-state index contributed by atoms with van der Waals surface area (Å²) in [4.78, 5) is 11.5. The lowest BCUT2D eigenvalue weighted by atomic mass is 10.1. The van der Waals surface area contributed by atoms with Gasteiger partial charge in [0.2, 0.25) is 5.91 Å². The maximum absolute atomic E-state index is 11.5. The summed E-state index contributed by atoms with van der Waals surface area (Å²) in [5, 5.41) is 15.2. The molecule has 1 aliphatic heterocycles. The predicted octanol–water partition coefficient (Wildman–Crippen LogP) is 1.95. The molecule has 1 heterocycles. The van der Waals surface area contributed by atoms with Crippen molar-refractivity contribution in [2.45, 2.75) is 32.2 Å². The number of nitriles is 1. The number of carbonyl (C=O) groups is 1. The van der Waals surface area contributed by atoms with Crippen molar-refractivity contribution in [1.29, 1.82) is 5.26 Å². The number of rotatable bonds is 2. The molecule has 0 aromatic heterocycles. The fraction of sp³-hybridized carbons (Fsp3) is 0.429. The van der Waals surface area contributed by atoms with Gasteiger partial charge in [-0.25, -0.2) is 0 Å². The van der Waals surface area contributed by atoms with Crippen LogP contribution < -0.4 is 10.6 Å². The Morgan fingerprint density at radius 1 is 1.50 bits per heavy atom. The molecular weight excluding hydrogens is 226 g/mol. The Morgan fingerprint density at radius 2 is 2.33 bits per heavy atom. The lowest BCUT2D eigenvalue weighted by molar-refractivity contribution is -0.120. The number of hydrogen-bond acceptors (Lipinski definition) is 3. The van der Waals surface area contributed by atoms with E-state index in [2.05, 4.69) is 16.7 Å². The monoisotopic (exact) mass is 243 g/mol. The molecular formula is C14H17N3O. The Labute approximate surface area is 107 Å². The van der Waals surface area contributed by atoms with Gasteiger partial charge in [0.1, 0.15) is 0 Å². The normalized spacial score (nSPS) is 19.6. The molecule has 1 aromatic rings. The van der Waals surface area contributed by atoms with E-state index >= 15 is 0 Å². The van der Waals surface area contributed by atoms with E-state index in [1.807, 2.05) is 19.1 Å². The van der Waals surface area contributed by atoms with Crippen LogP contribution in [0.1, 0.15) is 30.4 Å². The van der Waals surface area contributed by atoms with Crippen molar-refractivity contribution in [1.82, 2.24) is 5.32 Å². The van der Waals surface area contributed by atoms with Gasteiger partial charge in [-0.15, -0.1) is 0 Å². The summed E-state index contributed by atoms with van der Waals surface area (Å²) in [6.45, 7) is 2.76. The minimum atomic E-state index is 0.0964. The van der Waals surface area contributed by atoms with Crippen LogP contribution in [0.15, 0.2) is 18.2 Å². The molecule has 0 aliphatic carbocycles. The van der Waals surface area contributed by atoms with Crippen molar-refractivity contribution >= 4 is 11.6 Å². The van der Waals surface area contributed by atoms with Gasteiger partial charge < -0.3 is 10.6 Å². The van der Waals surface area contributed by atoms with Gasteiger partial charge in [0.25, 0.3) is 0 Å². The fourth-order valence-corrected chi connectivity index (χ4v) is 2.16. The third-order valence-electron chi connectivity index (χ3n) is 3.21. The molecule has 4 heteroatoms. The van der Waals surface area contributed by atoms with Crippen LogP contribution >= 0.6 is 0 Å². The second kappa shape index (κ2) is 5.54. The second-order valence-electron chi connectivity index (χ2n) is 4.68. The molecule has 1 atom stereocenters. The summed E-state index contributed by atoms with van der Waals surface area (Å²) < 4.78 is 0. The van der Waals surface area contributed by atoms with Gasteiger partial charge in [-0.05, 0) is 37.5 Å². The Hall–Kier alpha value is -2.02. The molecule has 2 rings (SSSR count).